The van der Waals surface area contributed by atoms with Gasteiger partial charge in [0.25, 0.3) is 0 Å². The Morgan fingerprint density at radius 3 is 2.84 bits per heavy atom. The summed E-state index contributed by atoms with van der Waals surface area (Å²) in [5.74, 6) is 1.10. The van der Waals surface area contributed by atoms with Crippen LogP contribution in [0.4, 0.5) is 5.95 Å². The Kier molecular flexibility index (Phi) is 5.72. The zero-order valence-corrected chi connectivity index (χ0v) is 15.6. The largest absolute Gasteiger partial charge is 0.484 e. The van der Waals surface area contributed by atoms with Gasteiger partial charge in [-0.3, -0.25) is 4.90 Å². The SMILES string of the molecule is CC(C)Oc1c(Cl)ncn2nc(NC3CCN(CS(=O)O)CC3)nc12. The van der Waals surface area contributed by atoms with E-state index in [9.17, 15) is 4.21 Å². The van der Waals surface area contributed by atoms with Gasteiger partial charge in [-0.25, -0.2) is 9.19 Å². The molecule has 138 valence electrons. The number of nitrogens with one attached hydrogen (secondary N) is 1. The van der Waals surface area contributed by atoms with Crippen LogP contribution in [0.15, 0.2) is 6.33 Å². The molecule has 1 fully saturated rings. The van der Waals surface area contributed by atoms with Gasteiger partial charge in [-0.1, -0.05) is 11.6 Å². The third-order valence-electron chi connectivity index (χ3n) is 3.87. The van der Waals surface area contributed by atoms with E-state index in [4.69, 9.17) is 20.9 Å². The molecule has 1 unspecified atom stereocenters. The standard InChI is InChI=1S/C14H21ClN6O3S/c1-9(2)24-11-12(15)16-7-21-13(11)18-14(19-21)17-10-3-5-20(6-4-10)8-25(22)23/h7,9-10H,3-6,8H2,1-2H3,(H,17,19)(H,22,23). The van der Waals surface area contributed by atoms with Crippen molar-refractivity contribution in [3.05, 3.63) is 11.5 Å². The highest BCUT2D eigenvalue weighted by atomic mass is 35.5. The maximum atomic E-state index is 10.9. The Bertz CT molecular complexity index is 762. The maximum Gasteiger partial charge on any atom is 0.243 e. The fraction of sp³-hybridized carbons (Fsp3) is 0.643. The van der Waals surface area contributed by atoms with Gasteiger partial charge in [0.15, 0.2) is 16.2 Å². The molecule has 0 radical (unpaired) electrons. The van der Waals surface area contributed by atoms with E-state index in [1.165, 1.54) is 10.8 Å². The van der Waals surface area contributed by atoms with Gasteiger partial charge in [-0.05, 0) is 26.7 Å². The summed E-state index contributed by atoms with van der Waals surface area (Å²) in [5, 5.41) is 7.94. The summed E-state index contributed by atoms with van der Waals surface area (Å²) < 4.78 is 27.1. The van der Waals surface area contributed by atoms with Crippen LogP contribution in [0.3, 0.4) is 0 Å². The number of hydrogen-bond acceptors (Lipinski definition) is 7. The van der Waals surface area contributed by atoms with Gasteiger partial charge >= 0.3 is 0 Å². The minimum Gasteiger partial charge on any atom is -0.484 e. The molecule has 0 aliphatic carbocycles. The summed E-state index contributed by atoms with van der Waals surface area (Å²) >= 11 is 4.33. The molecule has 3 rings (SSSR count). The normalized spacial score (nSPS) is 18.0. The van der Waals surface area contributed by atoms with E-state index >= 15 is 0 Å². The first-order valence-electron chi connectivity index (χ1n) is 8.06. The molecule has 1 atom stereocenters. The van der Waals surface area contributed by atoms with Crippen LogP contribution >= 0.6 is 11.6 Å². The summed E-state index contributed by atoms with van der Waals surface area (Å²) in [5.41, 5.74) is 0.518. The van der Waals surface area contributed by atoms with Gasteiger partial charge in [0.1, 0.15) is 12.2 Å². The van der Waals surface area contributed by atoms with Gasteiger partial charge in [0, 0.05) is 19.1 Å². The fourth-order valence-electron chi connectivity index (χ4n) is 2.76. The summed E-state index contributed by atoms with van der Waals surface area (Å²) in [6.45, 7) is 5.32. The molecule has 0 aromatic carbocycles. The van der Waals surface area contributed by atoms with Crippen LogP contribution < -0.4 is 10.1 Å². The lowest BCUT2D eigenvalue weighted by Crippen LogP contribution is -2.40. The number of ether oxygens (including phenoxy) is 1. The van der Waals surface area contributed by atoms with Crippen molar-refractivity contribution in [3.63, 3.8) is 0 Å². The molecular formula is C14H21ClN6O3S. The highest BCUT2D eigenvalue weighted by molar-refractivity contribution is 7.79. The van der Waals surface area contributed by atoms with E-state index in [-0.39, 0.29) is 23.2 Å². The highest BCUT2D eigenvalue weighted by Gasteiger charge is 2.22. The van der Waals surface area contributed by atoms with Crippen LogP contribution in [0.5, 0.6) is 5.75 Å². The number of halogens is 1. The van der Waals surface area contributed by atoms with Crippen molar-refractivity contribution in [3.8, 4) is 5.75 Å². The van der Waals surface area contributed by atoms with Crippen molar-refractivity contribution in [1.29, 1.82) is 0 Å². The monoisotopic (exact) mass is 388 g/mol. The zero-order valence-electron chi connectivity index (χ0n) is 14.1. The minimum absolute atomic E-state index is 0.0555. The zero-order chi connectivity index (χ0) is 18.0. The molecule has 2 N–H and O–H groups in total. The van der Waals surface area contributed by atoms with Crippen LogP contribution in [0.2, 0.25) is 5.15 Å². The molecule has 2 aromatic rings. The van der Waals surface area contributed by atoms with E-state index in [1.807, 2.05) is 18.7 Å². The van der Waals surface area contributed by atoms with Gasteiger partial charge in [0.05, 0.1) is 6.10 Å². The lowest BCUT2D eigenvalue weighted by molar-refractivity contribution is 0.243. The summed E-state index contributed by atoms with van der Waals surface area (Å²) in [4.78, 5) is 10.5. The fourth-order valence-corrected chi connectivity index (χ4v) is 3.50. The second-order valence-corrected chi connectivity index (χ2v) is 7.48. The maximum absolute atomic E-state index is 10.9. The molecule has 2 aromatic heterocycles. The Hall–Kier alpha value is -1.49. The number of anilines is 1. The first-order valence-corrected chi connectivity index (χ1v) is 9.71. The Balaban J connectivity index is 1.70. The molecular weight excluding hydrogens is 368 g/mol. The van der Waals surface area contributed by atoms with Gasteiger partial charge in [-0.2, -0.15) is 9.50 Å². The van der Waals surface area contributed by atoms with Crippen LogP contribution in [0.25, 0.3) is 5.65 Å². The minimum atomic E-state index is -1.79. The molecule has 9 nitrogen and oxygen atoms in total. The topological polar surface area (TPSA) is 105 Å². The Morgan fingerprint density at radius 1 is 1.48 bits per heavy atom. The second-order valence-electron chi connectivity index (χ2n) is 6.22. The lowest BCUT2D eigenvalue weighted by Gasteiger charge is -2.30. The second kappa shape index (κ2) is 7.81. The van der Waals surface area contributed by atoms with Crippen LogP contribution in [-0.4, -0.2) is 64.4 Å². The predicted octanol–water partition coefficient (Wildman–Crippen LogP) is 1.62. The number of likely N-dealkylation sites (tertiary alicyclic amines) is 1. The van der Waals surface area contributed by atoms with E-state index in [2.05, 4.69) is 20.4 Å². The lowest BCUT2D eigenvalue weighted by atomic mass is 10.1. The van der Waals surface area contributed by atoms with Crippen molar-refractivity contribution in [2.45, 2.75) is 38.8 Å². The van der Waals surface area contributed by atoms with Gasteiger partial charge < -0.3 is 14.6 Å². The average Bonchev–Trinajstić information content (AvgIpc) is 2.94. The number of rotatable bonds is 6. The van der Waals surface area contributed by atoms with E-state index in [1.54, 1.807) is 0 Å². The molecule has 0 saturated carbocycles. The van der Waals surface area contributed by atoms with Crippen molar-refractivity contribution in [2.24, 2.45) is 0 Å². The van der Waals surface area contributed by atoms with Crippen molar-refractivity contribution >= 4 is 34.3 Å². The molecule has 25 heavy (non-hydrogen) atoms. The summed E-state index contributed by atoms with van der Waals surface area (Å²) in [7, 11) is 0. The first kappa shape index (κ1) is 18.3. The number of aromatic nitrogens is 4. The molecule has 1 aliphatic heterocycles. The smallest absolute Gasteiger partial charge is 0.243 e. The van der Waals surface area contributed by atoms with Crippen LogP contribution in [0, 0.1) is 0 Å². The van der Waals surface area contributed by atoms with Gasteiger partial charge in [0.2, 0.25) is 17.3 Å². The Morgan fingerprint density at radius 2 is 2.20 bits per heavy atom. The predicted molar refractivity (Wildman–Crippen MR) is 95.4 cm³/mol. The number of fused-ring (bicyclic) bond motifs is 1. The average molecular weight is 389 g/mol. The molecule has 1 saturated heterocycles. The van der Waals surface area contributed by atoms with E-state index < -0.39 is 11.1 Å². The van der Waals surface area contributed by atoms with Gasteiger partial charge in [-0.15, -0.1) is 5.10 Å². The molecule has 11 heteroatoms. The number of nitrogens with zero attached hydrogens (tertiary/aromatic N) is 5. The number of hydrogen-bond donors (Lipinski definition) is 2. The molecule has 0 bridgehead atoms. The summed E-state index contributed by atoms with van der Waals surface area (Å²) in [6, 6.07) is 0.207. The van der Waals surface area contributed by atoms with Crippen molar-refractivity contribution in [2.75, 3.05) is 24.3 Å². The molecule has 0 spiro atoms. The number of piperidine rings is 1. The highest BCUT2D eigenvalue weighted by Crippen LogP contribution is 2.28. The third-order valence-corrected chi connectivity index (χ3v) is 4.72. The van der Waals surface area contributed by atoms with Crippen LogP contribution in [0.1, 0.15) is 26.7 Å². The van der Waals surface area contributed by atoms with E-state index in [0.29, 0.717) is 17.3 Å². The van der Waals surface area contributed by atoms with E-state index in [0.717, 1.165) is 25.9 Å². The van der Waals surface area contributed by atoms with Crippen molar-refractivity contribution in [1.82, 2.24) is 24.5 Å². The third kappa shape index (κ3) is 4.57. The quantitative estimate of drug-likeness (QED) is 0.568. The Labute approximate surface area is 153 Å². The molecule has 1 aliphatic rings. The molecule has 0 amide bonds. The first-order chi connectivity index (χ1) is 11.9. The van der Waals surface area contributed by atoms with Crippen molar-refractivity contribution < 1.29 is 13.5 Å². The summed E-state index contributed by atoms with van der Waals surface area (Å²) in [6.07, 6.45) is 3.14. The van der Waals surface area contributed by atoms with Crippen LogP contribution in [-0.2, 0) is 11.1 Å². The molecule has 3 heterocycles.